The highest BCUT2D eigenvalue weighted by Crippen LogP contribution is 2.22. The van der Waals surface area contributed by atoms with E-state index in [1.807, 2.05) is 0 Å². The normalized spacial score (nSPS) is 10.0. The van der Waals surface area contributed by atoms with Crippen LogP contribution >= 0.6 is 0 Å². The van der Waals surface area contributed by atoms with Crippen LogP contribution in [0.1, 0.15) is 10.4 Å². The molecular formula is C12H8N2O4. The van der Waals surface area contributed by atoms with E-state index in [1.54, 1.807) is 6.07 Å². The molecule has 2 rings (SSSR count). The molecule has 0 amide bonds. The molecule has 0 aliphatic heterocycles. The van der Waals surface area contributed by atoms with Crippen LogP contribution in [-0.2, 0) is 0 Å². The SMILES string of the molecule is O=C(O)c1ccnc(-c2cccc([N+](=O)[O-])c2)c1. The monoisotopic (exact) mass is 244 g/mol. The van der Waals surface area contributed by atoms with E-state index in [-0.39, 0.29) is 11.3 Å². The van der Waals surface area contributed by atoms with Gasteiger partial charge in [-0.15, -0.1) is 0 Å². The van der Waals surface area contributed by atoms with E-state index in [0.29, 0.717) is 11.3 Å². The molecule has 6 heteroatoms. The van der Waals surface area contributed by atoms with Crippen LogP contribution in [-0.4, -0.2) is 21.0 Å². The van der Waals surface area contributed by atoms with Crippen LogP contribution in [0.2, 0.25) is 0 Å². The molecule has 1 aromatic carbocycles. The number of benzene rings is 1. The molecule has 2 aromatic rings. The molecule has 0 aliphatic rings. The van der Waals surface area contributed by atoms with E-state index >= 15 is 0 Å². The zero-order chi connectivity index (χ0) is 13.1. The topological polar surface area (TPSA) is 93.3 Å². The van der Waals surface area contributed by atoms with Crippen molar-refractivity contribution in [2.45, 2.75) is 0 Å². The molecule has 0 atom stereocenters. The maximum Gasteiger partial charge on any atom is 0.335 e. The van der Waals surface area contributed by atoms with Crippen LogP contribution in [0, 0.1) is 10.1 Å². The molecular weight excluding hydrogens is 236 g/mol. The lowest BCUT2D eigenvalue weighted by Crippen LogP contribution is -1.97. The Labute approximate surface area is 102 Å². The Hall–Kier alpha value is -2.76. The van der Waals surface area contributed by atoms with E-state index in [0.717, 1.165) is 0 Å². The quantitative estimate of drug-likeness (QED) is 0.660. The van der Waals surface area contributed by atoms with E-state index in [1.165, 1.54) is 36.5 Å². The Bertz CT molecular complexity index is 569. The number of aromatic carboxylic acids is 1. The van der Waals surface area contributed by atoms with Gasteiger partial charge in [-0.05, 0) is 12.1 Å². The fraction of sp³-hybridized carbons (Fsp3) is 0. The van der Waals surface area contributed by atoms with Crippen molar-refractivity contribution in [3.05, 3.63) is 58.3 Å². The Morgan fingerprint density at radius 1 is 1.28 bits per heavy atom. The van der Waals surface area contributed by atoms with Gasteiger partial charge in [0.2, 0.25) is 0 Å². The van der Waals surface area contributed by atoms with Crippen molar-refractivity contribution in [3.8, 4) is 11.3 Å². The summed E-state index contributed by atoms with van der Waals surface area (Å²) in [6, 6.07) is 8.63. The molecule has 1 aromatic heterocycles. The maximum atomic E-state index is 10.8. The minimum Gasteiger partial charge on any atom is -0.478 e. The third-order valence-corrected chi connectivity index (χ3v) is 2.36. The predicted molar refractivity (Wildman–Crippen MR) is 63.3 cm³/mol. The number of carbonyl (C=O) groups is 1. The first-order valence-corrected chi connectivity index (χ1v) is 5.02. The first kappa shape index (κ1) is 11.7. The fourth-order valence-electron chi connectivity index (χ4n) is 1.50. The van der Waals surface area contributed by atoms with Crippen LogP contribution in [0.15, 0.2) is 42.6 Å². The zero-order valence-electron chi connectivity index (χ0n) is 9.11. The summed E-state index contributed by atoms with van der Waals surface area (Å²) in [6.45, 7) is 0. The average Bonchev–Trinajstić information content (AvgIpc) is 2.39. The number of nitro groups is 1. The minimum absolute atomic E-state index is 0.0602. The number of carboxylic acid groups (broad SMARTS) is 1. The summed E-state index contributed by atoms with van der Waals surface area (Å²) < 4.78 is 0. The minimum atomic E-state index is -1.07. The summed E-state index contributed by atoms with van der Waals surface area (Å²) in [5, 5.41) is 19.5. The number of pyridine rings is 1. The summed E-state index contributed by atoms with van der Waals surface area (Å²) >= 11 is 0. The number of nitro benzene ring substituents is 1. The van der Waals surface area contributed by atoms with Crippen molar-refractivity contribution in [1.29, 1.82) is 0 Å². The lowest BCUT2D eigenvalue weighted by atomic mass is 10.1. The summed E-state index contributed by atoms with van der Waals surface area (Å²) in [6.07, 6.45) is 1.36. The van der Waals surface area contributed by atoms with Crippen LogP contribution in [0.5, 0.6) is 0 Å². The molecule has 0 bridgehead atoms. The van der Waals surface area contributed by atoms with Gasteiger partial charge in [-0.25, -0.2) is 4.79 Å². The molecule has 1 N–H and O–H groups in total. The molecule has 6 nitrogen and oxygen atoms in total. The van der Waals surface area contributed by atoms with Gasteiger partial charge < -0.3 is 5.11 Å². The van der Waals surface area contributed by atoms with Gasteiger partial charge in [-0.2, -0.15) is 0 Å². The number of nitrogens with zero attached hydrogens (tertiary/aromatic N) is 2. The Balaban J connectivity index is 2.48. The van der Waals surface area contributed by atoms with Gasteiger partial charge in [0.05, 0.1) is 16.2 Å². The standard InChI is InChI=1S/C12H8N2O4/c15-12(16)9-4-5-13-11(7-9)8-2-1-3-10(6-8)14(17)18/h1-7H,(H,15,16). The van der Waals surface area contributed by atoms with Crippen LogP contribution in [0.3, 0.4) is 0 Å². The van der Waals surface area contributed by atoms with Crippen LogP contribution < -0.4 is 0 Å². The highest BCUT2D eigenvalue weighted by atomic mass is 16.6. The lowest BCUT2D eigenvalue weighted by Gasteiger charge is -2.01. The molecule has 0 radical (unpaired) electrons. The van der Waals surface area contributed by atoms with Crippen molar-refractivity contribution in [1.82, 2.24) is 4.98 Å². The molecule has 0 saturated carbocycles. The summed E-state index contributed by atoms with van der Waals surface area (Å²) in [7, 11) is 0. The third-order valence-electron chi connectivity index (χ3n) is 2.36. The largest absolute Gasteiger partial charge is 0.478 e. The second kappa shape index (κ2) is 4.62. The molecule has 0 fully saturated rings. The highest BCUT2D eigenvalue weighted by Gasteiger charge is 2.10. The number of carboxylic acids is 1. The highest BCUT2D eigenvalue weighted by molar-refractivity contribution is 5.88. The maximum absolute atomic E-state index is 10.8. The summed E-state index contributed by atoms with van der Waals surface area (Å²) in [5.74, 6) is -1.07. The van der Waals surface area contributed by atoms with E-state index in [9.17, 15) is 14.9 Å². The average molecular weight is 244 g/mol. The number of hydrogen-bond acceptors (Lipinski definition) is 4. The first-order chi connectivity index (χ1) is 8.58. The molecule has 18 heavy (non-hydrogen) atoms. The van der Waals surface area contributed by atoms with Gasteiger partial charge in [0, 0.05) is 23.9 Å². The second-order valence-corrected chi connectivity index (χ2v) is 3.54. The predicted octanol–water partition coefficient (Wildman–Crippen LogP) is 2.36. The van der Waals surface area contributed by atoms with Crippen LogP contribution in [0.4, 0.5) is 5.69 Å². The van der Waals surface area contributed by atoms with Gasteiger partial charge in [-0.1, -0.05) is 12.1 Å². The first-order valence-electron chi connectivity index (χ1n) is 5.02. The Morgan fingerprint density at radius 2 is 2.06 bits per heavy atom. The van der Waals surface area contributed by atoms with Gasteiger partial charge in [0.25, 0.3) is 5.69 Å². The van der Waals surface area contributed by atoms with Gasteiger partial charge >= 0.3 is 5.97 Å². The van der Waals surface area contributed by atoms with E-state index in [2.05, 4.69) is 4.98 Å². The number of aromatic nitrogens is 1. The van der Waals surface area contributed by atoms with Crippen molar-refractivity contribution in [2.24, 2.45) is 0 Å². The van der Waals surface area contributed by atoms with Crippen molar-refractivity contribution in [3.63, 3.8) is 0 Å². The molecule has 0 saturated heterocycles. The molecule has 0 aliphatic carbocycles. The number of non-ortho nitro benzene ring substituents is 1. The zero-order valence-corrected chi connectivity index (χ0v) is 9.11. The molecule has 0 unspecified atom stereocenters. The smallest absolute Gasteiger partial charge is 0.335 e. The number of rotatable bonds is 3. The molecule has 90 valence electrons. The summed E-state index contributed by atoms with van der Waals surface area (Å²) in [4.78, 5) is 25.0. The molecule has 0 spiro atoms. The lowest BCUT2D eigenvalue weighted by molar-refractivity contribution is -0.384. The number of hydrogen-bond donors (Lipinski definition) is 1. The van der Waals surface area contributed by atoms with E-state index < -0.39 is 10.9 Å². The van der Waals surface area contributed by atoms with Crippen molar-refractivity contribution >= 4 is 11.7 Å². The second-order valence-electron chi connectivity index (χ2n) is 3.54. The van der Waals surface area contributed by atoms with Gasteiger partial charge in [0.1, 0.15) is 0 Å². The fourth-order valence-corrected chi connectivity index (χ4v) is 1.50. The van der Waals surface area contributed by atoms with Crippen LogP contribution in [0.25, 0.3) is 11.3 Å². The Kier molecular flexibility index (Phi) is 3.01. The van der Waals surface area contributed by atoms with Crippen molar-refractivity contribution < 1.29 is 14.8 Å². The third kappa shape index (κ3) is 2.32. The van der Waals surface area contributed by atoms with E-state index in [4.69, 9.17) is 5.11 Å². The van der Waals surface area contributed by atoms with Gasteiger partial charge in [0.15, 0.2) is 0 Å². The summed E-state index contributed by atoms with van der Waals surface area (Å²) in [5.41, 5.74) is 0.924. The Morgan fingerprint density at radius 3 is 2.72 bits per heavy atom. The van der Waals surface area contributed by atoms with Crippen molar-refractivity contribution in [2.75, 3.05) is 0 Å². The van der Waals surface area contributed by atoms with Gasteiger partial charge in [-0.3, -0.25) is 15.1 Å². The molecule has 1 heterocycles.